The number of carboxylic acids is 1. The number of piperidine rings is 2. The quantitative estimate of drug-likeness (QED) is 0.847. The average Bonchev–Trinajstić information content (AvgIpc) is 3.37. The maximum absolute atomic E-state index is 12.8. The minimum atomic E-state index is -0.816. The molecule has 0 bridgehead atoms. The highest BCUT2D eigenvalue weighted by Crippen LogP contribution is 2.33. The number of aliphatic carboxylic acids is 1. The van der Waals surface area contributed by atoms with Crippen LogP contribution in [-0.4, -0.2) is 58.9 Å². The molecule has 0 aromatic heterocycles. The van der Waals surface area contributed by atoms with E-state index >= 15 is 0 Å². The van der Waals surface area contributed by atoms with Crippen molar-refractivity contribution in [2.75, 3.05) is 26.2 Å². The van der Waals surface area contributed by atoms with E-state index in [0.717, 1.165) is 32.2 Å². The van der Waals surface area contributed by atoms with Crippen molar-refractivity contribution in [1.82, 2.24) is 9.80 Å². The SMILES string of the molecule is CC1CC(C(=O)O)CN(C(=O)C2CCCN(C(=O)C3CC3)C2)C1. The number of hydrogen-bond acceptors (Lipinski definition) is 3. The van der Waals surface area contributed by atoms with Gasteiger partial charge in [0, 0.05) is 32.1 Å². The highest BCUT2D eigenvalue weighted by Gasteiger charge is 2.39. The fourth-order valence-electron chi connectivity index (χ4n) is 3.94. The summed E-state index contributed by atoms with van der Waals surface area (Å²) in [6.07, 6.45) is 4.27. The summed E-state index contributed by atoms with van der Waals surface area (Å²) in [7, 11) is 0. The Morgan fingerprint density at radius 1 is 0.870 bits per heavy atom. The van der Waals surface area contributed by atoms with Crippen LogP contribution in [0.3, 0.4) is 0 Å². The summed E-state index contributed by atoms with van der Waals surface area (Å²) in [4.78, 5) is 39.9. The molecular formula is C17H26N2O4. The first kappa shape index (κ1) is 16.3. The van der Waals surface area contributed by atoms with Crippen molar-refractivity contribution >= 4 is 17.8 Å². The van der Waals surface area contributed by atoms with Crippen molar-refractivity contribution in [2.45, 2.75) is 39.0 Å². The molecule has 1 saturated carbocycles. The molecule has 3 fully saturated rings. The van der Waals surface area contributed by atoms with Gasteiger partial charge in [-0.05, 0) is 38.0 Å². The molecule has 3 rings (SSSR count). The van der Waals surface area contributed by atoms with Gasteiger partial charge in [0.25, 0.3) is 0 Å². The fraction of sp³-hybridized carbons (Fsp3) is 0.824. The van der Waals surface area contributed by atoms with Crippen LogP contribution in [0.5, 0.6) is 0 Å². The average molecular weight is 322 g/mol. The molecule has 0 aromatic carbocycles. The third-order valence-corrected chi connectivity index (χ3v) is 5.33. The molecular weight excluding hydrogens is 296 g/mol. The summed E-state index contributed by atoms with van der Waals surface area (Å²) in [6, 6.07) is 0. The highest BCUT2D eigenvalue weighted by atomic mass is 16.4. The minimum Gasteiger partial charge on any atom is -0.481 e. The van der Waals surface area contributed by atoms with E-state index in [0.29, 0.717) is 26.1 Å². The second kappa shape index (κ2) is 6.49. The Hall–Kier alpha value is -1.59. The summed E-state index contributed by atoms with van der Waals surface area (Å²) in [5, 5.41) is 9.26. The monoisotopic (exact) mass is 322 g/mol. The summed E-state index contributed by atoms with van der Waals surface area (Å²) < 4.78 is 0. The van der Waals surface area contributed by atoms with E-state index in [1.54, 1.807) is 4.90 Å². The summed E-state index contributed by atoms with van der Waals surface area (Å²) in [5.74, 6) is -0.795. The second-order valence-corrected chi connectivity index (χ2v) is 7.52. The third kappa shape index (κ3) is 3.67. The van der Waals surface area contributed by atoms with Crippen LogP contribution in [-0.2, 0) is 14.4 Å². The molecule has 3 atom stereocenters. The molecule has 6 heteroatoms. The topological polar surface area (TPSA) is 77.9 Å². The molecule has 3 aliphatic rings. The van der Waals surface area contributed by atoms with Crippen molar-refractivity contribution in [3.8, 4) is 0 Å². The van der Waals surface area contributed by atoms with Gasteiger partial charge in [-0.1, -0.05) is 6.92 Å². The lowest BCUT2D eigenvalue weighted by Crippen LogP contribution is -2.51. The predicted octanol–water partition coefficient (Wildman–Crippen LogP) is 1.20. The van der Waals surface area contributed by atoms with Gasteiger partial charge < -0.3 is 14.9 Å². The summed E-state index contributed by atoms with van der Waals surface area (Å²) in [5.41, 5.74) is 0. The van der Waals surface area contributed by atoms with E-state index in [1.807, 2.05) is 11.8 Å². The first-order valence-electron chi connectivity index (χ1n) is 8.76. The van der Waals surface area contributed by atoms with Gasteiger partial charge in [0.05, 0.1) is 11.8 Å². The van der Waals surface area contributed by atoms with Gasteiger partial charge in [0.2, 0.25) is 11.8 Å². The van der Waals surface area contributed by atoms with Gasteiger partial charge >= 0.3 is 5.97 Å². The lowest BCUT2D eigenvalue weighted by molar-refractivity contribution is -0.149. The van der Waals surface area contributed by atoms with Crippen LogP contribution in [0, 0.1) is 23.7 Å². The molecule has 3 unspecified atom stereocenters. The molecule has 1 N–H and O–H groups in total. The van der Waals surface area contributed by atoms with E-state index in [2.05, 4.69) is 0 Å². The number of carbonyl (C=O) groups excluding carboxylic acids is 2. The molecule has 0 spiro atoms. The lowest BCUT2D eigenvalue weighted by Gasteiger charge is -2.39. The zero-order valence-corrected chi connectivity index (χ0v) is 13.7. The van der Waals surface area contributed by atoms with Gasteiger partial charge in [-0.15, -0.1) is 0 Å². The number of rotatable bonds is 3. The Labute approximate surface area is 136 Å². The van der Waals surface area contributed by atoms with Gasteiger partial charge in [0.15, 0.2) is 0 Å². The number of carbonyl (C=O) groups is 3. The number of amides is 2. The van der Waals surface area contributed by atoms with Crippen LogP contribution in [0.25, 0.3) is 0 Å². The Balaban J connectivity index is 1.62. The lowest BCUT2D eigenvalue weighted by atomic mass is 9.88. The molecule has 2 amide bonds. The van der Waals surface area contributed by atoms with E-state index in [4.69, 9.17) is 0 Å². The Kier molecular flexibility index (Phi) is 4.60. The third-order valence-electron chi connectivity index (χ3n) is 5.33. The van der Waals surface area contributed by atoms with Gasteiger partial charge in [-0.3, -0.25) is 14.4 Å². The molecule has 0 aromatic rings. The molecule has 1 aliphatic carbocycles. The van der Waals surface area contributed by atoms with E-state index in [1.165, 1.54) is 0 Å². The first-order chi connectivity index (χ1) is 11.0. The second-order valence-electron chi connectivity index (χ2n) is 7.52. The molecule has 2 saturated heterocycles. The van der Waals surface area contributed by atoms with Gasteiger partial charge in [-0.25, -0.2) is 0 Å². The summed E-state index contributed by atoms with van der Waals surface area (Å²) in [6.45, 7) is 4.21. The molecule has 2 heterocycles. The largest absolute Gasteiger partial charge is 0.481 e. The number of hydrogen-bond donors (Lipinski definition) is 1. The summed E-state index contributed by atoms with van der Waals surface area (Å²) >= 11 is 0. The van der Waals surface area contributed by atoms with E-state index in [9.17, 15) is 19.5 Å². The molecule has 23 heavy (non-hydrogen) atoms. The first-order valence-corrected chi connectivity index (χ1v) is 8.76. The molecule has 0 radical (unpaired) electrons. The van der Waals surface area contributed by atoms with Gasteiger partial charge in [0.1, 0.15) is 0 Å². The van der Waals surface area contributed by atoms with Crippen molar-refractivity contribution < 1.29 is 19.5 Å². The number of nitrogens with zero attached hydrogens (tertiary/aromatic N) is 2. The smallest absolute Gasteiger partial charge is 0.308 e. The maximum Gasteiger partial charge on any atom is 0.308 e. The van der Waals surface area contributed by atoms with E-state index < -0.39 is 11.9 Å². The van der Waals surface area contributed by atoms with Crippen molar-refractivity contribution in [3.63, 3.8) is 0 Å². The van der Waals surface area contributed by atoms with Crippen LogP contribution < -0.4 is 0 Å². The van der Waals surface area contributed by atoms with Crippen LogP contribution >= 0.6 is 0 Å². The van der Waals surface area contributed by atoms with E-state index in [-0.39, 0.29) is 29.6 Å². The van der Waals surface area contributed by atoms with Crippen LogP contribution in [0.2, 0.25) is 0 Å². The van der Waals surface area contributed by atoms with Crippen molar-refractivity contribution in [1.29, 1.82) is 0 Å². The van der Waals surface area contributed by atoms with Crippen LogP contribution in [0.1, 0.15) is 39.0 Å². The van der Waals surface area contributed by atoms with Crippen molar-refractivity contribution in [3.05, 3.63) is 0 Å². The molecule has 2 aliphatic heterocycles. The van der Waals surface area contributed by atoms with Crippen LogP contribution in [0.15, 0.2) is 0 Å². The minimum absolute atomic E-state index is 0.0381. The normalized spacial score (nSPS) is 31.8. The Bertz CT molecular complexity index is 503. The Morgan fingerprint density at radius 2 is 1.52 bits per heavy atom. The van der Waals surface area contributed by atoms with Crippen LogP contribution in [0.4, 0.5) is 0 Å². The van der Waals surface area contributed by atoms with Gasteiger partial charge in [-0.2, -0.15) is 0 Å². The Morgan fingerprint density at radius 3 is 2.17 bits per heavy atom. The number of likely N-dealkylation sites (tertiary alicyclic amines) is 2. The predicted molar refractivity (Wildman–Crippen MR) is 83.5 cm³/mol. The standard InChI is InChI=1S/C17H26N2O4/c1-11-7-14(17(22)23)10-19(8-11)16(21)13-3-2-6-18(9-13)15(20)12-4-5-12/h11-14H,2-10H2,1H3,(H,22,23). The van der Waals surface area contributed by atoms with Crippen molar-refractivity contribution in [2.24, 2.45) is 23.7 Å². The molecule has 6 nitrogen and oxygen atoms in total. The highest BCUT2D eigenvalue weighted by molar-refractivity contribution is 5.84. The zero-order valence-electron chi connectivity index (χ0n) is 13.7. The number of carboxylic acid groups (broad SMARTS) is 1. The molecule has 128 valence electrons. The zero-order chi connectivity index (χ0) is 16.6. The fourth-order valence-corrected chi connectivity index (χ4v) is 3.94. The maximum atomic E-state index is 12.8.